The molecule has 0 aromatic rings. The predicted octanol–water partition coefficient (Wildman–Crippen LogP) is 8.45. The summed E-state index contributed by atoms with van der Waals surface area (Å²) in [5.41, 5.74) is -0.0112. The summed E-state index contributed by atoms with van der Waals surface area (Å²) in [6.45, 7) is 5.40. The molecule has 172 valence electrons. The lowest BCUT2D eigenvalue weighted by Crippen LogP contribution is -2.38. The zero-order valence-electron chi connectivity index (χ0n) is 20.2. The van der Waals surface area contributed by atoms with Gasteiger partial charge in [-0.15, -0.1) is 0 Å². The minimum atomic E-state index is -0.0112. The van der Waals surface area contributed by atoms with Crippen molar-refractivity contribution in [2.75, 3.05) is 6.61 Å². The van der Waals surface area contributed by atoms with Gasteiger partial charge in [0.25, 0.3) is 0 Å². The quantitative estimate of drug-likeness (QED) is 0.335. The van der Waals surface area contributed by atoms with Gasteiger partial charge in [-0.25, -0.2) is 0 Å². The number of nitriles is 1. The Balaban J connectivity index is 1.39. The zero-order valence-corrected chi connectivity index (χ0v) is 20.2. The molecule has 0 spiro atoms. The lowest BCUT2D eigenvalue weighted by molar-refractivity contribution is -0.00696. The SMILES string of the molecule is CCCCCCC1CCC([C@H]2CC[C@](C#N)(C3CCC(OCCC)CC3)CC2)CC1. The number of rotatable bonds is 10. The van der Waals surface area contributed by atoms with Crippen LogP contribution in [0, 0.1) is 40.4 Å². The summed E-state index contributed by atoms with van der Waals surface area (Å²) < 4.78 is 5.99. The van der Waals surface area contributed by atoms with Gasteiger partial charge in [0.05, 0.1) is 17.6 Å². The van der Waals surface area contributed by atoms with E-state index in [1.165, 1.54) is 109 Å². The van der Waals surface area contributed by atoms with Crippen LogP contribution in [0.15, 0.2) is 0 Å². The fourth-order valence-corrected chi connectivity index (χ4v) is 7.11. The van der Waals surface area contributed by atoms with E-state index in [0.717, 1.165) is 30.8 Å². The highest BCUT2D eigenvalue weighted by Gasteiger charge is 2.44. The van der Waals surface area contributed by atoms with E-state index in [4.69, 9.17) is 4.74 Å². The Kier molecular flexibility index (Phi) is 10.0. The predicted molar refractivity (Wildman–Crippen MR) is 126 cm³/mol. The number of ether oxygens (including phenoxy) is 1. The van der Waals surface area contributed by atoms with Crippen LogP contribution in [0.4, 0.5) is 0 Å². The van der Waals surface area contributed by atoms with Crippen molar-refractivity contribution in [3.05, 3.63) is 0 Å². The summed E-state index contributed by atoms with van der Waals surface area (Å²) in [6.07, 6.45) is 24.5. The minimum absolute atomic E-state index is 0.0112. The lowest BCUT2D eigenvalue weighted by Gasteiger charge is -2.45. The van der Waals surface area contributed by atoms with E-state index < -0.39 is 0 Å². The van der Waals surface area contributed by atoms with Crippen LogP contribution in [-0.4, -0.2) is 12.7 Å². The maximum atomic E-state index is 10.2. The Morgan fingerprint density at radius 2 is 1.43 bits per heavy atom. The van der Waals surface area contributed by atoms with E-state index in [1.807, 2.05) is 0 Å². The largest absolute Gasteiger partial charge is 0.378 e. The van der Waals surface area contributed by atoms with Gasteiger partial charge in [0, 0.05) is 6.61 Å². The maximum absolute atomic E-state index is 10.2. The third-order valence-electron chi connectivity index (χ3n) is 9.18. The first-order valence-electron chi connectivity index (χ1n) is 13.7. The molecule has 3 aliphatic carbocycles. The molecule has 0 saturated heterocycles. The van der Waals surface area contributed by atoms with Crippen molar-refractivity contribution in [2.24, 2.45) is 29.1 Å². The molecule has 30 heavy (non-hydrogen) atoms. The van der Waals surface area contributed by atoms with Crippen molar-refractivity contribution in [3.63, 3.8) is 0 Å². The summed E-state index contributed by atoms with van der Waals surface area (Å²) in [7, 11) is 0. The van der Waals surface area contributed by atoms with Crippen LogP contribution < -0.4 is 0 Å². The summed E-state index contributed by atoms with van der Waals surface area (Å²) >= 11 is 0. The van der Waals surface area contributed by atoms with Crippen LogP contribution in [0.2, 0.25) is 0 Å². The van der Waals surface area contributed by atoms with Gasteiger partial charge in [0.1, 0.15) is 0 Å². The molecule has 0 bridgehead atoms. The first-order chi connectivity index (χ1) is 14.7. The third kappa shape index (κ3) is 6.48. The minimum Gasteiger partial charge on any atom is -0.378 e. The second kappa shape index (κ2) is 12.5. The first kappa shape index (κ1) is 24.1. The molecule has 0 amide bonds. The van der Waals surface area contributed by atoms with Gasteiger partial charge in [-0.2, -0.15) is 5.26 Å². The van der Waals surface area contributed by atoms with Crippen molar-refractivity contribution in [1.82, 2.24) is 0 Å². The highest BCUT2D eigenvalue weighted by molar-refractivity contribution is 5.06. The molecule has 3 rings (SSSR count). The van der Waals surface area contributed by atoms with Gasteiger partial charge in [-0.05, 0) is 94.3 Å². The van der Waals surface area contributed by atoms with E-state index in [0.29, 0.717) is 12.0 Å². The van der Waals surface area contributed by atoms with Crippen LogP contribution in [0.3, 0.4) is 0 Å². The lowest BCUT2D eigenvalue weighted by atomic mass is 9.58. The van der Waals surface area contributed by atoms with E-state index >= 15 is 0 Å². The molecule has 0 aromatic carbocycles. The second-order valence-corrected chi connectivity index (χ2v) is 11.1. The van der Waals surface area contributed by atoms with Crippen molar-refractivity contribution >= 4 is 0 Å². The van der Waals surface area contributed by atoms with Gasteiger partial charge in [-0.3, -0.25) is 0 Å². The fourth-order valence-electron chi connectivity index (χ4n) is 7.11. The standard InChI is InChI=1S/C28H49NO/c1-3-5-6-7-8-23-9-11-24(12-10-23)25-17-19-28(22-29,20-18-25)26-13-15-27(16-14-26)30-21-4-2/h23-27H,3-21H2,1-2H3/t23?,24?,25-,26?,27?,28-. The summed E-state index contributed by atoms with van der Waals surface area (Å²) in [5.74, 6) is 3.53. The van der Waals surface area contributed by atoms with Crippen LogP contribution in [0.25, 0.3) is 0 Å². The van der Waals surface area contributed by atoms with Crippen LogP contribution in [0.1, 0.15) is 129 Å². The Bertz CT molecular complexity index is 499. The van der Waals surface area contributed by atoms with Gasteiger partial charge in [-0.1, -0.05) is 58.8 Å². The fraction of sp³-hybridized carbons (Fsp3) is 0.964. The van der Waals surface area contributed by atoms with E-state index in [-0.39, 0.29) is 5.41 Å². The Morgan fingerprint density at radius 1 is 0.767 bits per heavy atom. The van der Waals surface area contributed by atoms with E-state index in [9.17, 15) is 5.26 Å². The monoisotopic (exact) mass is 415 g/mol. The smallest absolute Gasteiger partial charge is 0.0692 e. The number of nitrogens with zero attached hydrogens (tertiary/aromatic N) is 1. The molecule has 0 atom stereocenters. The van der Waals surface area contributed by atoms with Gasteiger partial charge in [0.15, 0.2) is 0 Å². The second-order valence-electron chi connectivity index (χ2n) is 11.1. The molecule has 0 heterocycles. The molecule has 2 heteroatoms. The number of hydrogen-bond acceptors (Lipinski definition) is 2. The van der Waals surface area contributed by atoms with Crippen molar-refractivity contribution in [1.29, 1.82) is 5.26 Å². The molecule has 0 unspecified atom stereocenters. The van der Waals surface area contributed by atoms with Crippen molar-refractivity contribution in [2.45, 2.75) is 136 Å². The molecule has 3 saturated carbocycles. The average Bonchev–Trinajstić information content (AvgIpc) is 2.81. The third-order valence-corrected chi connectivity index (χ3v) is 9.18. The summed E-state index contributed by atoms with van der Waals surface area (Å²) in [4.78, 5) is 0. The molecular formula is C28H49NO. The van der Waals surface area contributed by atoms with Crippen LogP contribution in [-0.2, 0) is 4.74 Å². The molecule has 3 aliphatic rings. The van der Waals surface area contributed by atoms with Crippen molar-refractivity contribution < 1.29 is 4.74 Å². The molecular weight excluding hydrogens is 366 g/mol. The molecule has 0 aromatic heterocycles. The van der Waals surface area contributed by atoms with E-state index in [2.05, 4.69) is 19.9 Å². The number of unbranched alkanes of at least 4 members (excludes halogenated alkanes) is 3. The summed E-state index contributed by atoms with van der Waals surface area (Å²) in [6, 6.07) is 2.87. The molecule has 3 fully saturated rings. The first-order valence-corrected chi connectivity index (χ1v) is 13.7. The van der Waals surface area contributed by atoms with Crippen LogP contribution in [0.5, 0.6) is 0 Å². The molecule has 0 aliphatic heterocycles. The Morgan fingerprint density at radius 3 is 2.03 bits per heavy atom. The van der Waals surface area contributed by atoms with Crippen LogP contribution >= 0.6 is 0 Å². The molecule has 0 N–H and O–H groups in total. The normalized spacial score (nSPS) is 37.6. The van der Waals surface area contributed by atoms with Gasteiger partial charge >= 0.3 is 0 Å². The summed E-state index contributed by atoms with van der Waals surface area (Å²) in [5, 5.41) is 10.2. The topological polar surface area (TPSA) is 33.0 Å². The average molecular weight is 416 g/mol. The highest BCUT2D eigenvalue weighted by Crippen LogP contribution is 2.52. The van der Waals surface area contributed by atoms with Crippen molar-refractivity contribution in [3.8, 4) is 6.07 Å². The van der Waals surface area contributed by atoms with Gasteiger partial charge < -0.3 is 4.74 Å². The zero-order chi connectivity index (χ0) is 21.2. The highest BCUT2D eigenvalue weighted by atomic mass is 16.5. The van der Waals surface area contributed by atoms with Gasteiger partial charge in [0.2, 0.25) is 0 Å². The molecule has 2 nitrogen and oxygen atoms in total. The van der Waals surface area contributed by atoms with E-state index in [1.54, 1.807) is 0 Å². The number of hydrogen-bond donors (Lipinski definition) is 0. The Hall–Kier alpha value is -0.550. The maximum Gasteiger partial charge on any atom is 0.0692 e. The molecule has 0 radical (unpaired) electrons. The Labute approximate surface area is 187 Å².